The quantitative estimate of drug-likeness (QED) is 0.150. The van der Waals surface area contributed by atoms with Crippen LogP contribution >= 0.6 is 0 Å². The molecular weight excluding hydrogens is 869 g/mol. The SMILES string of the molecule is CC1(C)c2ccccc2-c2ccc(N(c3ccc(N(c4ccc(-c5ccccc5)cc4)c4ccc(C5C=CC=CC5)cc4)cc3)c3cccc4c3-c3ccccc3C43c4ccccc4-c4ccccc43)cc21. The molecule has 0 N–H and O–H groups in total. The topological polar surface area (TPSA) is 6.48 Å². The van der Waals surface area contributed by atoms with Crippen LogP contribution < -0.4 is 9.80 Å². The highest BCUT2D eigenvalue weighted by Crippen LogP contribution is 2.65. The Balaban J connectivity index is 0.952. The first-order valence-corrected chi connectivity index (χ1v) is 25.4. The summed E-state index contributed by atoms with van der Waals surface area (Å²) in [5.41, 5.74) is 25.7. The first-order chi connectivity index (χ1) is 35.5. The molecule has 4 aliphatic rings. The second kappa shape index (κ2) is 16.4. The van der Waals surface area contributed by atoms with Crippen molar-refractivity contribution in [2.24, 2.45) is 0 Å². The van der Waals surface area contributed by atoms with Gasteiger partial charge in [-0.3, -0.25) is 0 Å². The Kier molecular flexibility index (Phi) is 9.63. The van der Waals surface area contributed by atoms with Crippen LogP contribution in [-0.4, -0.2) is 0 Å². The minimum Gasteiger partial charge on any atom is -0.311 e. The fraction of sp³-hybridized carbons (Fsp3) is 0.0857. The van der Waals surface area contributed by atoms with E-state index in [-0.39, 0.29) is 5.41 Å². The van der Waals surface area contributed by atoms with Gasteiger partial charge in [0.05, 0.1) is 11.1 Å². The molecule has 1 spiro atoms. The molecule has 1 atom stereocenters. The molecule has 10 aromatic rings. The molecule has 0 saturated carbocycles. The second-order valence-electron chi connectivity index (χ2n) is 20.3. The molecule has 4 aliphatic carbocycles. The van der Waals surface area contributed by atoms with E-state index in [0.717, 1.165) is 40.5 Å². The molecule has 10 aromatic carbocycles. The Morgan fingerprint density at radius 1 is 0.361 bits per heavy atom. The molecule has 1 unspecified atom stereocenters. The third-order valence-corrected chi connectivity index (χ3v) is 16.2. The minimum atomic E-state index is -0.456. The van der Waals surface area contributed by atoms with E-state index in [4.69, 9.17) is 0 Å². The van der Waals surface area contributed by atoms with Crippen LogP contribution in [0.1, 0.15) is 65.1 Å². The van der Waals surface area contributed by atoms with Gasteiger partial charge >= 0.3 is 0 Å². The highest BCUT2D eigenvalue weighted by Gasteiger charge is 2.52. The van der Waals surface area contributed by atoms with Crippen molar-refractivity contribution in [3.8, 4) is 44.5 Å². The highest BCUT2D eigenvalue weighted by atomic mass is 15.2. The van der Waals surface area contributed by atoms with Gasteiger partial charge in [-0.05, 0) is 151 Å². The van der Waals surface area contributed by atoms with Gasteiger partial charge in [0.2, 0.25) is 0 Å². The van der Waals surface area contributed by atoms with Crippen LogP contribution in [-0.2, 0) is 10.8 Å². The summed E-state index contributed by atoms with van der Waals surface area (Å²) in [4.78, 5) is 4.93. The average molecular weight is 921 g/mol. The number of rotatable bonds is 8. The first-order valence-electron chi connectivity index (χ1n) is 25.4. The molecule has 2 heteroatoms. The van der Waals surface area contributed by atoms with Gasteiger partial charge in [-0.25, -0.2) is 0 Å². The summed E-state index contributed by atoms with van der Waals surface area (Å²) in [5.74, 6) is 0.381. The highest BCUT2D eigenvalue weighted by molar-refractivity contribution is 6.01. The Morgan fingerprint density at radius 3 is 1.46 bits per heavy atom. The van der Waals surface area contributed by atoms with Crippen LogP contribution in [0.15, 0.2) is 261 Å². The van der Waals surface area contributed by atoms with E-state index >= 15 is 0 Å². The molecule has 0 saturated heterocycles. The van der Waals surface area contributed by atoms with E-state index in [2.05, 4.69) is 285 Å². The van der Waals surface area contributed by atoms with Crippen LogP contribution in [0.2, 0.25) is 0 Å². The van der Waals surface area contributed by atoms with Crippen LogP contribution in [0.3, 0.4) is 0 Å². The zero-order valence-corrected chi connectivity index (χ0v) is 40.5. The lowest BCUT2D eigenvalue weighted by molar-refractivity contribution is 0.660. The largest absolute Gasteiger partial charge is 0.311 e. The zero-order chi connectivity index (χ0) is 48.0. The van der Waals surface area contributed by atoms with E-state index in [1.54, 1.807) is 0 Å². The normalized spacial score (nSPS) is 15.6. The van der Waals surface area contributed by atoms with Crippen molar-refractivity contribution >= 4 is 34.1 Å². The first kappa shape index (κ1) is 42.2. The third kappa shape index (κ3) is 6.28. The summed E-state index contributed by atoms with van der Waals surface area (Å²) in [6.45, 7) is 4.76. The fourth-order valence-corrected chi connectivity index (χ4v) is 12.9. The smallest absolute Gasteiger partial charge is 0.0726 e. The predicted molar refractivity (Wildman–Crippen MR) is 301 cm³/mol. The summed E-state index contributed by atoms with van der Waals surface area (Å²) >= 11 is 0. The number of fused-ring (bicyclic) bond motifs is 13. The van der Waals surface area contributed by atoms with Crippen molar-refractivity contribution in [3.05, 3.63) is 300 Å². The van der Waals surface area contributed by atoms with Gasteiger partial charge in [-0.1, -0.05) is 208 Å². The van der Waals surface area contributed by atoms with Gasteiger partial charge in [0.25, 0.3) is 0 Å². The average Bonchev–Trinajstić information content (AvgIpc) is 4.02. The Morgan fingerprint density at radius 2 is 0.833 bits per heavy atom. The van der Waals surface area contributed by atoms with Crippen molar-refractivity contribution in [2.45, 2.75) is 37.0 Å². The lowest BCUT2D eigenvalue weighted by atomic mass is 9.70. The van der Waals surface area contributed by atoms with Crippen molar-refractivity contribution in [1.29, 1.82) is 0 Å². The molecule has 0 radical (unpaired) electrons. The number of nitrogens with zero attached hydrogens (tertiary/aromatic N) is 2. The maximum atomic E-state index is 2.53. The van der Waals surface area contributed by atoms with Crippen molar-refractivity contribution in [3.63, 3.8) is 0 Å². The Hall–Kier alpha value is -8.72. The number of allylic oxidation sites excluding steroid dienone is 4. The molecule has 0 fully saturated rings. The molecule has 2 nitrogen and oxygen atoms in total. The Labute approximate surface area is 423 Å². The van der Waals surface area contributed by atoms with Crippen LogP contribution in [0.4, 0.5) is 34.1 Å². The summed E-state index contributed by atoms with van der Waals surface area (Å²) in [6.07, 6.45) is 9.91. The molecule has 0 amide bonds. The molecule has 0 bridgehead atoms. The minimum absolute atomic E-state index is 0.167. The van der Waals surface area contributed by atoms with Gasteiger partial charge in [-0.2, -0.15) is 0 Å². The van der Waals surface area contributed by atoms with E-state index < -0.39 is 5.41 Å². The summed E-state index contributed by atoms with van der Waals surface area (Å²) in [7, 11) is 0. The van der Waals surface area contributed by atoms with Gasteiger partial charge in [0.15, 0.2) is 0 Å². The number of hydrogen-bond donors (Lipinski definition) is 0. The van der Waals surface area contributed by atoms with Gasteiger partial charge in [0, 0.05) is 45.3 Å². The number of hydrogen-bond acceptors (Lipinski definition) is 2. The maximum Gasteiger partial charge on any atom is 0.0726 e. The fourth-order valence-electron chi connectivity index (χ4n) is 12.9. The van der Waals surface area contributed by atoms with Crippen LogP contribution in [0.25, 0.3) is 44.5 Å². The molecule has 14 rings (SSSR count). The summed E-state index contributed by atoms with van der Waals surface area (Å²) in [6, 6.07) is 88.7. The molecular formula is C70H52N2. The standard InChI is InChI=1S/C70H52N2/c1-69(2)61-26-13-9-22-56(61)59-45-44-55(46-66(59)69)72(67-31-17-30-65-68(67)60-25-12-16-29-64(60)70(65)62-27-14-10-23-57(62)58-24-11-15-28-63(58)70)54-42-40-53(41-43-54)71(51-36-32-49(33-37-51)47-18-5-3-6-19-47)52-38-34-50(35-39-52)48-20-7-4-8-21-48/h3-20,22-46,48H,21H2,1-2H3. The van der Waals surface area contributed by atoms with Crippen LogP contribution in [0.5, 0.6) is 0 Å². The van der Waals surface area contributed by atoms with Crippen molar-refractivity contribution < 1.29 is 0 Å². The summed E-state index contributed by atoms with van der Waals surface area (Å²) < 4.78 is 0. The van der Waals surface area contributed by atoms with E-state index in [9.17, 15) is 0 Å². The van der Waals surface area contributed by atoms with Gasteiger partial charge < -0.3 is 9.80 Å². The summed E-state index contributed by atoms with van der Waals surface area (Å²) in [5, 5.41) is 0. The van der Waals surface area contributed by atoms with E-state index in [1.165, 1.54) is 83.5 Å². The molecule has 72 heavy (non-hydrogen) atoms. The van der Waals surface area contributed by atoms with E-state index in [1.807, 2.05) is 0 Å². The Bertz CT molecular complexity index is 3750. The van der Waals surface area contributed by atoms with Gasteiger partial charge in [-0.15, -0.1) is 0 Å². The monoisotopic (exact) mass is 920 g/mol. The lowest BCUT2D eigenvalue weighted by Crippen LogP contribution is -2.26. The zero-order valence-electron chi connectivity index (χ0n) is 40.5. The second-order valence-corrected chi connectivity index (χ2v) is 20.3. The molecule has 0 aliphatic heterocycles. The van der Waals surface area contributed by atoms with E-state index in [0.29, 0.717) is 5.92 Å². The molecule has 0 heterocycles. The number of benzene rings is 10. The van der Waals surface area contributed by atoms with Crippen LogP contribution in [0, 0.1) is 0 Å². The van der Waals surface area contributed by atoms with Crippen molar-refractivity contribution in [1.82, 2.24) is 0 Å². The maximum absolute atomic E-state index is 2.53. The molecule has 0 aromatic heterocycles. The third-order valence-electron chi connectivity index (χ3n) is 16.2. The van der Waals surface area contributed by atoms with Crippen molar-refractivity contribution in [2.75, 3.05) is 9.80 Å². The number of anilines is 6. The molecule has 342 valence electrons. The predicted octanol–water partition coefficient (Wildman–Crippen LogP) is 18.5. The van der Waals surface area contributed by atoms with Gasteiger partial charge in [0.1, 0.15) is 0 Å². The lowest BCUT2D eigenvalue weighted by Gasteiger charge is -2.32.